The maximum absolute atomic E-state index is 12.2. The second kappa shape index (κ2) is 6.88. The highest BCUT2D eigenvalue weighted by Crippen LogP contribution is 2.26. The van der Waals surface area contributed by atoms with Crippen molar-refractivity contribution in [2.24, 2.45) is 0 Å². The zero-order valence-corrected chi connectivity index (χ0v) is 12.0. The Labute approximate surface area is 123 Å². The zero-order valence-electron chi connectivity index (χ0n) is 12.0. The number of para-hydroxylation sites is 1. The van der Waals surface area contributed by atoms with Crippen LogP contribution in [0.25, 0.3) is 0 Å². The topological polar surface area (TPSA) is 78.5 Å². The van der Waals surface area contributed by atoms with E-state index < -0.39 is 11.8 Å². The van der Waals surface area contributed by atoms with E-state index in [2.05, 4.69) is 10.6 Å². The van der Waals surface area contributed by atoms with Crippen molar-refractivity contribution in [2.45, 2.75) is 19.8 Å². The van der Waals surface area contributed by atoms with Gasteiger partial charge in [-0.2, -0.15) is 0 Å². The van der Waals surface area contributed by atoms with Gasteiger partial charge in [0.2, 0.25) is 5.91 Å². The van der Waals surface area contributed by atoms with Crippen LogP contribution in [0.15, 0.2) is 24.3 Å². The first kappa shape index (κ1) is 15.0. The van der Waals surface area contributed by atoms with E-state index in [4.69, 9.17) is 0 Å². The number of nitrogens with one attached hydrogen (secondary N) is 2. The molecule has 1 aliphatic rings. The number of nitrogens with zero attached hydrogens (tertiary/aromatic N) is 1. The van der Waals surface area contributed by atoms with Gasteiger partial charge in [-0.1, -0.05) is 18.2 Å². The SMILES string of the molecule is CC(=O)NCCNC(=O)C(=O)N1CCCc2ccccc21. The summed E-state index contributed by atoms with van der Waals surface area (Å²) in [7, 11) is 0. The fraction of sp³-hybridized carbons (Fsp3) is 0.400. The van der Waals surface area contributed by atoms with Crippen LogP contribution in [0, 0.1) is 0 Å². The van der Waals surface area contributed by atoms with Crippen LogP contribution < -0.4 is 15.5 Å². The van der Waals surface area contributed by atoms with Crippen LogP contribution in [0.5, 0.6) is 0 Å². The minimum Gasteiger partial charge on any atom is -0.355 e. The first-order valence-electron chi connectivity index (χ1n) is 7.01. The van der Waals surface area contributed by atoms with E-state index in [-0.39, 0.29) is 12.5 Å². The molecule has 21 heavy (non-hydrogen) atoms. The lowest BCUT2D eigenvalue weighted by Gasteiger charge is -2.28. The maximum atomic E-state index is 12.2. The van der Waals surface area contributed by atoms with Crippen LogP contribution in [-0.4, -0.2) is 37.4 Å². The highest BCUT2D eigenvalue weighted by atomic mass is 16.2. The lowest BCUT2D eigenvalue weighted by atomic mass is 10.0. The number of carbonyl (C=O) groups is 3. The Morgan fingerprint density at radius 1 is 1.14 bits per heavy atom. The Kier molecular flexibility index (Phi) is 4.92. The summed E-state index contributed by atoms with van der Waals surface area (Å²) in [5, 5.41) is 5.08. The molecule has 0 atom stereocenters. The van der Waals surface area contributed by atoms with Crippen LogP contribution in [0.1, 0.15) is 18.9 Å². The van der Waals surface area contributed by atoms with E-state index in [1.165, 1.54) is 11.8 Å². The molecular weight excluding hydrogens is 270 g/mol. The summed E-state index contributed by atoms with van der Waals surface area (Å²) < 4.78 is 0. The molecule has 0 spiro atoms. The molecule has 0 aromatic heterocycles. The Morgan fingerprint density at radius 3 is 2.62 bits per heavy atom. The Bertz CT molecular complexity index is 557. The first-order chi connectivity index (χ1) is 10.1. The number of benzene rings is 1. The van der Waals surface area contributed by atoms with Gasteiger partial charge in [0.25, 0.3) is 0 Å². The number of hydrogen-bond acceptors (Lipinski definition) is 3. The summed E-state index contributed by atoms with van der Waals surface area (Å²) in [4.78, 5) is 36.3. The molecule has 1 aromatic rings. The molecular formula is C15H19N3O3. The van der Waals surface area contributed by atoms with Gasteiger partial charge in [0.15, 0.2) is 0 Å². The van der Waals surface area contributed by atoms with E-state index in [1.54, 1.807) is 0 Å². The van der Waals surface area contributed by atoms with Crippen LogP contribution >= 0.6 is 0 Å². The van der Waals surface area contributed by atoms with Gasteiger partial charge in [0, 0.05) is 32.2 Å². The molecule has 1 aliphatic heterocycles. The molecule has 0 aliphatic carbocycles. The molecule has 6 nitrogen and oxygen atoms in total. The van der Waals surface area contributed by atoms with Crippen molar-refractivity contribution < 1.29 is 14.4 Å². The Balaban J connectivity index is 1.94. The second-order valence-corrected chi connectivity index (χ2v) is 4.93. The Hall–Kier alpha value is -2.37. The van der Waals surface area contributed by atoms with E-state index in [0.717, 1.165) is 24.1 Å². The molecule has 2 N–H and O–H groups in total. The molecule has 0 unspecified atom stereocenters. The number of carbonyl (C=O) groups excluding carboxylic acids is 3. The second-order valence-electron chi connectivity index (χ2n) is 4.93. The van der Waals surface area contributed by atoms with Crippen LogP contribution in [0.2, 0.25) is 0 Å². The largest absolute Gasteiger partial charge is 0.355 e. The summed E-state index contributed by atoms with van der Waals surface area (Å²) in [6.07, 6.45) is 1.77. The molecule has 0 radical (unpaired) electrons. The van der Waals surface area contributed by atoms with Gasteiger partial charge in [0.05, 0.1) is 0 Å². The fourth-order valence-corrected chi connectivity index (χ4v) is 2.36. The average Bonchev–Trinajstić information content (AvgIpc) is 2.50. The van der Waals surface area contributed by atoms with Crippen LogP contribution in [-0.2, 0) is 20.8 Å². The van der Waals surface area contributed by atoms with Crippen molar-refractivity contribution in [3.05, 3.63) is 29.8 Å². The number of fused-ring (bicyclic) bond motifs is 1. The van der Waals surface area contributed by atoms with Crippen molar-refractivity contribution in [2.75, 3.05) is 24.5 Å². The molecule has 0 saturated carbocycles. The maximum Gasteiger partial charge on any atom is 0.316 e. The third-order valence-corrected chi connectivity index (χ3v) is 3.33. The monoisotopic (exact) mass is 289 g/mol. The molecule has 3 amide bonds. The van der Waals surface area contributed by atoms with Crippen LogP contribution in [0.3, 0.4) is 0 Å². The minimum absolute atomic E-state index is 0.166. The number of hydrogen-bond donors (Lipinski definition) is 2. The molecule has 6 heteroatoms. The van der Waals surface area contributed by atoms with E-state index in [1.807, 2.05) is 24.3 Å². The molecule has 0 fully saturated rings. The standard InChI is InChI=1S/C15H19N3O3/c1-11(19)16-8-9-17-14(20)15(21)18-10-4-6-12-5-2-3-7-13(12)18/h2-3,5,7H,4,6,8-10H2,1H3,(H,16,19)(H,17,20). The van der Waals surface area contributed by atoms with Crippen molar-refractivity contribution in [1.29, 1.82) is 0 Å². The Morgan fingerprint density at radius 2 is 1.86 bits per heavy atom. The average molecular weight is 289 g/mol. The number of aryl methyl sites for hydroxylation is 1. The van der Waals surface area contributed by atoms with Gasteiger partial charge < -0.3 is 15.5 Å². The van der Waals surface area contributed by atoms with E-state index in [9.17, 15) is 14.4 Å². The number of anilines is 1. The van der Waals surface area contributed by atoms with Crippen molar-refractivity contribution in [3.8, 4) is 0 Å². The molecule has 1 aromatic carbocycles. The molecule has 112 valence electrons. The van der Waals surface area contributed by atoms with Gasteiger partial charge in [-0.25, -0.2) is 0 Å². The molecule has 0 bridgehead atoms. The summed E-state index contributed by atoms with van der Waals surface area (Å²) in [5.41, 5.74) is 1.90. The fourth-order valence-electron chi connectivity index (χ4n) is 2.36. The summed E-state index contributed by atoms with van der Waals surface area (Å²) in [5.74, 6) is -1.36. The predicted molar refractivity (Wildman–Crippen MR) is 78.8 cm³/mol. The zero-order chi connectivity index (χ0) is 15.2. The van der Waals surface area contributed by atoms with Crippen molar-refractivity contribution >= 4 is 23.4 Å². The lowest BCUT2D eigenvalue weighted by molar-refractivity contribution is -0.137. The summed E-state index contributed by atoms with van der Waals surface area (Å²) >= 11 is 0. The van der Waals surface area contributed by atoms with E-state index >= 15 is 0 Å². The molecule has 0 saturated heterocycles. The highest BCUT2D eigenvalue weighted by molar-refractivity contribution is 6.40. The number of rotatable bonds is 3. The van der Waals surface area contributed by atoms with Crippen molar-refractivity contribution in [1.82, 2.24) is 10.6 Å². The first-order valence-corrected chi connectivity index (χ1v) is 7.01. The van der Waals surface area contributed by atoms with Gasteiger partial charge in [-0.3, -0.25) is 14.4 Å². The third kappa shape index (κ3) is 3.81. The van der Waals surface area contributed by atoms with Gasteiger partial charge in [0.1, 0.15) is 0 Å². The smallest absolute Gasteiger partial charge is 0.316 e. The van der Waals surface area contributed by atoms with Gasteiger partial charge in [-0.15, -0.1) is 0 Å². The minimum atomic E-state index is -0.642. The highest BCUT2D eigenvalue weighted by Gasteiger charge is 2.26. The van der Waals surface area contributed by atoms with Crippen molar-refractivity contribution in [3.63, 3.8) is 0 Å². The number of amides is 3. The summed E-state index contributed by atoms with van der Waals surface area (Å²) in [6, 6.07) is 7.62. The predicted octanol–water partition coefficient (Wildman–Crippen LogP) is 0.218. The molecule has 2 rings (SSSR count). The lowest BCUT2D eigenvalue weighted by Crippen LogP contribution is -2.46. The quantitative estimate of drug-likeness (QED) is 0.617. The molecule has 1 heterocycles. The third-order valence-electron chi connectivity index (χ3n) is 3.33. The normalized spacial score (nSPS) is 13.3. The van der Waals surface area contributed by atoms with E-state index in [0.29, 0.717) is 13.1 Å². The summed E-state index contributed by atoms with van der Waals surface area (Å²) in [6.45, 7) is 2.50. The van der Waals surface area contributed by atoms with Gasteiger partial charge in [-0.05, 0) is 24.5 Å². The van der Waals surface area contributed by atoms with Crippen LogP contribution in [0.4, 0.5) is 5.69 Å². The van der Waals surface area contributed by atoms with Gasteiger partial charge >= 0.3 is 11.8 Å².